The molecule has 4 rings (SSSR count). The number of ether oxygens (including phenoxy) is 1. The first-order valence-corrected chi connectivity index (χ1v) is 11.2. The Morgan fingerprint density at radius 2 is 1.82 bits per heavy atom. The number of hydrogen-bond donors (Lipinski definition) is 0. The molecule has 0 bridgehead atoms. The summed E-state index contributed by atoms with van der Waals surface area (Å²) in [4.78, 5) is 8.24. The fourth-order valence-corrected chi connectivity index (χ4v) is 4.28. The standard InChI is InChI=1S/C23H24ClF3N4O2/c24-18-6-3-7-19(21(18)23(25,26)27)30-14-12-29(13-15-30)10-1-2-16-33-20-9-8-17-5-4-11-31(32)22(17)28-20/h3-9,11H,1-2,10,12-16H2. The molecule has 0 atom stereocenters. The van der Waals surface area contributed by atoms with E-state index in [9.17, 15) is 18.4 Å². The average molecular weight is 481 g/mol. The van der Waals surface area contributed by atoms with Crippen molar-refractivity contribution in [3.05, 3.63) is 64.5 Å². The van der Waals surface area contributed by atoms with Gasteiger partial charge in [-0.25, -0.2) is 4.73 Å². The number of alkyl halides is 3. The van der Waals surface area contributed by atoms with E-state index < -0.39 is 11.7 Å². The molecule has 0 aliphatic carbocycles. The second-order valence-electron chi connectivity index (χ2n) is 7.91. The number of anilines is 1. The van der Waals surface area contributed by atoms with Gasteiger partial charge in [0.15, 0.2) is 0 Å². The summed E-state index contributed by atoms with van der Waals surface area (Å²) < 4.78 is 46.7. The molecule has 1 aromatic carbocycles. The zero-order valence-corrected chi connectivity index (χ0v) is 18.6. The molecular formula is C23H24ClF3N4O2. The smallest absolute Gasteiger partial charge is 0.419 e. The predicted molar refractivity (Wildman–Crippen MR) is 121 cm³/mol. The number of benzene rings is 1. The lowest BCUT2D eigenvalue weighted by atomic mass is 10.1. The Balaban J connectivity index is 1.22. The van der Waals surface area contributed by atoms with Crippen LogP contribution in [0.3, 0.4) is 0 Å². The van der Waals surface area contributed by atoms with Crippen LogP contribution in [0.1, 0.15) is 18.4 Å². The monoisotopic (exact) mass is 480 g/mol. The van der Waals surface area contributed by atoms with Gasteiger partial charge in [-0.1, -0.05) is 17.7 Å². The van der Waals surface area contributed by atoms with Gasteiger partial charge in [0.2, 0.25) is 0 Å². The molecule has 0 radical (unpaired) electrons. The normalized spacial score (nSPS) is 15.2. The quantitative estimate of drug-likeness (QED) is 0.283. The number of halogens is 4. The maximum absolute atomic E-state index is 13.4. The zero-order valence-electron chi connectivity index (χ0n) is 17.9. The molecule has 0 N–H and O–H groups in total. The minimum atomic E-state index is -4.49. The Bertz CT molecular complexity index is 1100. The van der Waals surface area contributed by atoms with Crippen molar-refractivity contribution in [2.45, 2.75) is 19.0 Å². The van der Waals surface area contributed by atoms with Gasteiger partial charge >= 0.3 is 17.7 Å². The lowest BCUT2D eigenvalue weighted by Gasteiger charge is -2.37. The Morgan fingerprint density at radius 3 is 2.58 bits per heavy atom. The van der Waals surface area contributed by atoms with E-state index in [0.29, 0.717) is 49.0 Å². The topological polar surface area (TPSA) is 55.5 Å². The largest absolute Gasteiger partial charge is 0.710 e. The summed E-state index contributed by atoms with van der Waals surface area (Å²) in [6.07, 6.45) is -1.40. The number of fused-ring (bicyclic) bond motifs is 1. The summed E-state index contributed by atoms with van der Waals surface area (Å²) in [7, 11) is 0. The first-order chi connectivity index (χ1) is 15.8. The molecule has 0 unspecified atom stereocenters. The molecule has 1 aliphatic heterocycles. The molecule has 1 fully saturated rings. The van der Waals surface area contributed by atoms with Crippen molar-refractivity contribution in [1.82, 2.24) is 9.88 Å². The highest BCUT2D eigenvalue weighted by Gasteiger charge is 2.37. The highest BCUT2D eigenvalue weighted by atomic mass is 35.5. The van der Waals surface area contributed by atoms with Crippen molar-refractivity contribution < 1.29 is 22.6 Å². The molecule has 1 saturated heterocycles. The second-order valence-corrected chi connectivity index (χ2v) is 8.32. The lowest BCUT2D eigenvalue weighted by Crippen LogP contribution is -2.47. The fourth-order valence-electron chi connectivity index (χ4n) is 4.01. The summed E-state index contributed by atoms with van der Waals surface area (Å²) in [5, 5.41) is 12.3. The number of piperazine rings is 1. The molecular weight excluding hydrogens is 457 g/mol. The van der Waals surface area contributed by atoms with E-state index in [4.69, 9.17) is 16.3 Å². The summed E-state index contributed by atoms with van der Waals surface area (Å²) in [6, 6.07) is 11.3. The van der Waals surface area contributed by atoms with Gasteiger partial charge < -0.3 is 14.8 Å². The fraction of sp³-hybridized carbons (Fsp3) is 0.391. The van der Waals surface area contributed by atoms with E-state index in [1.54, 1.807) is 29.2 Å². The van der Waals surface area contributed by atoms with Gasteiger partial charge in [0.25, 0.3) is 0 Å². The van der Waals surface area contributed by atoms with Crippen LogP contribution in [-0.4, -0.2) is 49.2 Å². The van der Waals surface area contributed by atoms with E-state index in [0.717, 1.165) is 24.8 Å². The van der Waals surface area contributed by atoms with Crippen LogP contribution in [0.15, 0.2) is 48.7 Å². The van der Waals surface area contributed by atoms with E-state index >= 15 is 0 Å². The van der Waals surface area contributed by atoms with Gasteiger partial charge in [-0.3, -0.25) is 4.90 Å². The maximum atomic E-state index is 13.4. The number of pyridine rings is 2. The third-order valence-electron chi connectivity index (χ3n) is 5.69. The zero-order chi connectivity index (χ0) is 23.4. The van der Waals surface area contributed by atoms with Crippen LogP contribution >= 0.6 is 11.6 Å². The van der Waals surface area contributed by atoms with Crippen LogP contribution in [0.4, 0.5) is 18.9 Å². The van der Waals surface area contributed by atoms with Crippen LogP contribution in [0, 0.1) is 5.21 Å². The molecule has 1 aliphatic rings. The van der Waals surface area contributed by atoms with Gasteiger partial charge in [0.1, 0.15) is 0 Å². The molecule has 0 saturated carbocycles. The van der Waals surface area contributed by atoms with E-state index in [2.05, 4.69) is 9.88 Å². The number of unbranched alkanes of at least 4 members (excludes halogenated alkanes) is 1. The van der Waals surface area contributed by atoms with Crippen LogP contribution < -0.4 is 14.4 Å². The van der Waals surface area contributed by atoms with Gasteiger partial charge in [-0.2, -0.15) is 13.2 Å². The van der Waals surface area contributed by atoms with Crippen LogP contribution in [0.2, 0.25) is 5.02 Å². The van der Waals surface area contributed by atoms with Crippen LogP contribution in [0.5, 0.6) is 5.88 Å². The Labute approximate surface area is 194 Å². The first kappa shape index (κ1) is 23.4. The number of hydrogen-bond acceptors (Lipinski definition) is 5. The van der Waals surface area contributed by atoms with Crippen LogP contribution in [-0.2, 0) is 6.18 Å². The maximum Gasteiger partial charge on any atom is 0.419 e. The third kappa shape index (κ3) is 5.59. The Kier molecular flexibility index (Phi) is 7.09. The SMILES string of the molecule is [O-][n+]1cccc2ccc(OCCCCN3CCN(c4cccc(Cl)c4C(F)(F)F)CC3)nc21. The highest BCUT2D eigenvalue weighted by Crippen LogP contribution is 2.41. The van der Waals surface area contributed by atoms with E-state index in [1.165, 1.54) is 18.3 Å². The summed E-state index contributed by atoms with van der Waals surface area (Å²) in [6.45, 7) is 3.69. The van der Waals surface area contributed by atoms with E-state index in [1.807, 2.05) is 6.07 Å². The van der Waals surface area contributed by atoms with Crippen LogP contribution in [0.25, 0.3) is 11.0 Å². The summed E-state index contributed by atoms with van der Waals surface area (Å²) >= 11 is 5.85. The van der Waals surface area contributed by atoms with Gasteiger partial charge in [-0.15, -0.1) is 0 Å². The molecule has 0 amide bonds. The molecule has 10 heteroatoms. The molecule has 6 nitrogen and oxygen atoms in total. The number of aromatic nitrogens is 2. The van der Waals surface area contributed by atoms with Gasteiger partial charge in [0.05, 0.1) is 34.5 Å². The van der Waals surface area contributed by atoms with E-state index in [-0.39, 0.29) is 10.7 Å². The molecule has 0 spiro atoms. The number of nitrogens with zero attached hydrogens (tertiary/aromatic N) is 4. The lowest BCUT2D eigenvalue weighted by molar-refractivity contribution is -0.579. The summed E-state index contributed by atoms with van der Waals surface area (Å²) in [5.74, 6) is 0.411. The minimum absolute atomic E-state index is 0.144. The van der Waals surface area contributed by atoms with Crippen molar-refractivity contribution in [3.63, 3.8) is 0 Å². The van der Waals surface area contributed by atoms with Crippen molar-refractivity contribution in [2.75, 3.05) is 44.2 Å². The molecule has 176 valence electrons. The first-order valence-electron chi connectivity index (χ1n) is 10.8. The Hall–Kier alpha value is -2.78. The molecule has 3 aromatic rings. The Morgan fingerprint density at radius 1 is 1.03 bits per heavy atom. The number of rotatable bonds is 7. The van der Waals surface area contributed by atoms with Gasteiger partial charge in [-0.05, 0) is 54.7 Å². The van der Waals surface area contributed by atoms with Crippen molar-refractivity contribution in [2.24, 2.45) is 0 Å². The average Bonchev–Trinajstić information content (AvgIpc) is 2.79. The third-order valence-corrected chi connectivity index (χ3v) is 6.01. The van der Waals surface area contributed by atoms with Gasteiger partial charge in [0, 0.05) is 32.2 Å². The highest BCUT2D eigenvalue weighted by molar-refractivity contribution is 6.31. The van der Waals surface area contributed by atoms with Crippen molar-refractivity contribution in [3.8, 4) is 5.88 Å². The molecule has 33 heavy (non-hydrogen) atoms. The molecule has 3 heterocycles. The second kappa shape index (κ2) is 10.0. The predicted octanol–water partition coefficient (Wildman–Crippen LogP) is 4.52. The minimum Gasteiger partial charge on any atom is -0.710 e. The summed E-state index contributed by atoms with van der Waals surface area (Å²) in [5.41, 5.74) is -0.298. The molecule has 2 aromatic heterocycles. The van der Waals surface area contributed by atoms with Crippen molar-refractivity contribution in [1.29, 1.82) is 0 Å². The van der Waals surface area contributed by atoms with Crippen molar-refractivity contribution >= 4 is 28.3 Å².